The van der Waals surface area contributed by atoms with E-state index >= 15 is 0 Å². The second-order valence-corrected chi connectivity index (χ2v) is 4.41. The lowest BCUT2D eigenvalue weighted by atomic mass is 10.4. The van der Waals surface area contributed by atoms with Crippen LogP contribution in [0.5, 0.6) is 0 Å². The van der Waals surface area contributed by atoms with E-state index in [1.807, 2.05) is 25.9 Å². The fourth-order valence-electron chi connectivity index (χ4n) is 1.57. The molecule has 0 spiro atoms. The van der Waals surface area contributed by atoms with E-state index in [1.165, 1.54) is 6.33 Å². The molecule has 106 valence electrons. The lowest BCUT2D eigenvalue weighted by Crippen LogP contribution is -2.29. The molecule has 1 N–H and O–H groups in total. The van der Waals surface area contributed by atoms with E-state index in [-0.39, 0.29) is 11.5 Å². The van der Waals surface area contributed by atoms with Crippen LogP contribution >= 0.6 is 0 Å². The van der Waals surface area contributed by atoms with Crippen molar-refractivity contribution in [2.45, 2.75) is 6.92 Å². The zero-order valence-corrected chi connectivity index (χ0v) is 11.8. The summed E-state index contributed by atoms with van der Waals surface area (Å²) in [4.78, 5) is 22.5. The van der Waals surface area contributed by atoms with Gasteiger partial charge in [-0.2, -0.15) is 0 Å². The molecule has 19 heavy (non-hydrogen) atoms. The molecule has 1 heterocycles. The summed E-state index contributed by atoms with van der Waals surface area (Å²) >= 11 is 0. The first kappa shape index (κ1) is 15.1. The maximum atomic E-state index is 11.2. The topological polar surface area (TPSA) is 87.4 Å². The van der Waals surface area contributed by atoms with Crippen LogP contribution in [0.15, 0.2) is 6.33 Å². The minimum Gasteiger partial charge on any atom is -0.364 e. The molecule has 0 aromatic carbocycles. The van der Waals surface area contributed by atoms with Crippen LogP contribution < -0.4 is 10.2 Å². The summed E-state index contributed by atoms with van der Waals surface area (Å²) in [6.07, 6.45) is 1.34. The minimum absolute atomic E-state index is 0.0781. The van der Waals surface area contributed by atoms with Gasteiger partial charge in [0.15, 0.2) is 0 Å². The molecule has 1 aromatic rings. The smallest absolute Gasteiger partial charge is 0.353 e. The van der Waals surface area contributed by atoms with Gasteiger partial charge in [0.2, 0.25) is 11.6 Å². The molecule has 0 atom stereocenters. The van der Waals surface area contributed by atoms with Crippen molar-refractivity contribution in [3.63, 3.8) is 0 Å². The number of anilines is 2. The molecule has 0 fully saturated rings. The Kier molecular flexibility index (Phi) is 5.43. The number of aromatic nitrogens is 2. The Labute approximate surface area is 112 Å². The van der Waals surface area contributed by atoms with Gasteiger partial charge in [0.05, 0.1) is 4.92 Å². The standard InChI is InChI=1S/C11H20N6O2/c1-5-12-10-9(17(18)19)11(14-8-13-10)16(4)7-6-15(2)3/h8H,5-7H2,1-4H3,(H,12,13,14). The number of nitrogens with zero attached hydrogens (tertiary/aromatic N) is 5. The Morgan fingerprint density at radius 1 is 1.32 bits per heavy atom. The summed E-state index contributed by atoms with van der Waals surface area (Å²) in [7, 11) is 5.69. The van der Waals surface area contributed by atoms with Crippen LogP contribution in [0.4, 0.5) is 17.3 Å². The molecule has 0 radical (unpaired) electrons. The van der Waals surface area contributed by atoms with E-state index in [4.69, 9.17) is 0 Å². The van der Waals surface area contributed by atoms with E-state index < -0.39 is 4.92 Å². The van der Waals surface area contributed by atoms with Crippen molar-refractivity contribution in [1.29, 1.82) is 0 Å². The molecule has 0 aliphatic heterocycles. The molecule has 8 heteroatoms. The van der Waals surface area contributed by atoms with Gasteiger partial charge in [-0.3, -0.25) is 10.1 Å². The molecule has 0 aliphatic carbocycles. The fraction of sp³-hybridized carbons (Fsp3) is 0.636. The zero-order chi connectivity index (χ0) is 14.4. The van der Waals surface area contributed by atoms with E-state index in [2.05, 4.69) is 15.3 Å². The van der Waals surface area contributed by atoms with Crippen molar-refractivity contribution in [1.82, 2.24) is 14.9 Å². The molecule has 0 amide bonds. The number of nitrogens with one attached hydrogen (secondary N) is 1. The van der Waals surface area contributed by atoms with E-state index in [9.17, 15) is 10.1 Å². The second kappa shape index (κ2) is 6.83. The SMILES string of the molecule is CCNc1ncnc(N(C)CCN(C)C)c1[N+](=O)[O-]. The Balaban J connectivity index is 3.04. The van der Waals surface area contributed by atoms with Gasteiger partial charge >= 0.3 is 5.69 Å². The average molecular weight is 268 g/mol. The summed E-state index contributed by atoms with van der Waals surface area (Å²) in [6, 6.07) is 0. The quantitative estimate of drug-likeness (QED) is 0.578. The summed E-state index contributed by atoms with van der Waals surface area (Å²) in [5, 5.41) is 14.1. The number of rotatable bonds is 7. The van der Waals surface area contributed by atoms with Gasteiger partial charge in [-0.15, -0.1) is 0 Å². The van der Waals surface area contributed by atoms with Crippen molar-refractivity contribution in [2.24, 2.45) is 0 Å². The first-order valence-electron chi connectivity index (χ1n) is 6.06. The highest BCUT2D eigenvalue weighted by Crippen LogP contribution is 2.30. The first-order valence-corrected chi connectivity index (χ1v) is 6.06. The maximum absolute atomic E-state index is 11.2. The lowest BCUT2D eigenvalue weighted by Gasteiger charge is -2.20. The van der Waals surface area contributed by atoms with Crippen LogP contribution in [-0.2, 0) is 0 Å². The van der Waals surface area contributed by atoms with E-state index in [0.717, 1.165) is 6.54 Å². The zero-order valence-electron chi connectivity index (χ0n) is 11.8. The third kappa shape index (κ3) is 4.02. The summed E-state index contributed by atoms with van der Waals surface area (Å²) in [5.41, 5.74) is -0.0781. The minimum atomic E-state index is -0.445. The van der Waals surface area contributed by atoms with Gasteiger partial charge in [-0.1, -0.05) is 0 Å². The van der Waals surface area contributed by atoms with Crippen LogP contribution in [0.2, 0.25) is 0 Å². The van der Waals surface area contributed by atoms with Crippen LogP contribution in [-0.4, -0.2) is 60.6 Å². The van der Waals surface area contributed by atoms with Gasteiger partial charge in [0.1, 0.15) is 6.33 Å². The highest BCUT2D eigenvalue weighted by atomic mass is 16.6. The lowest BCUT2D eigenvalue weighted by molar-refractivity contribution is -0.383. The summed E-state index contributed by atoms with van der Waals surface area (Å²) in [5.74, 6) is 0.590. The number of hydrogen-bond acceptors (Lipinski definition) is 7. The van der Waals surface area contributed by atoms with Crippen molar-refractivity contribution < 1.29 is 4.92 Å². The summed E-state index contributed by atoms with van der Waals surface area (Å²) < 4.78 is 0. The fourth-order valence-corrected chi connectivity index (χ4v) is 1.57. The predicted octanol–water partition coefficient (Wildman–Crippen LogP) is 0.814. The van der Waals surface area contributed by atoms with Crippen LogP contribution in [0.3, 0.4) is 0 Å². The Morgan fingerprint density at radius 3 is 2.53 bits per heavy atom. The van der Waals surface area contributed by atoms with Crippen molar-refractivity contribution in [3.8, 4) is 0 Å². The van der Waals surface area contributed by atoms with Gasteiger partial charge in [0.25, 0.3) is 0 Å². The average Bonchev–Trinajstić information content (AvgIpc) is 2.35. The van der Waals surface area contributed by atoms with Crippen LogP contribution in [0.1, 0.15) is 6.92 Å². The maximum Gasteiger partial charge on any atom is 0.353 e. The van der Waals surface area contributed by atoms with Gasteiger partial charge in [-0.25, -0.2) is 9.97 Å². The molecule has 0 bridgehead atoms. The molecule has 1 aromatic heterocycles. The molecule has 8 nitrogen and oxygen atoms in total. The van der Waals surface area contributed by atoms with E-state index in [0.29, 0.717) is 18.9 Å². The number of likely N-dealkylation sites (N-methyl/N-ethyl adjacent to an activating group) is 2. The van der Waals surface area contributed by atoms with Crippen LogP contribution in [0, 0.1) is 10.1 Å². The van der Waals surface area contributed by atoms with Gasteiger partial charge in [-0.05, 0) is 21.0 Å². The predicted molar refractivity (Wildman–Crippen MR) is 74.7 cm³/mol. The molecular formula is C11H20N6O2. The van der Waals surface area contributed by atoms with Crippen LogP contribution in [0.25, 0.3) is 0 Å². The van der Waals surface area contributed by atoms with Crippen molar-refractivity contribution in [3.05, 3.63) is 16.4 Å². The molecule has 0 saturated heterocycles. The van der Waals surface area contributed by atoms with Crippen molar-refractivity contribution >= 4 is 17.3 Å². The Morgan fingerprint density at radius 2 is 2.00 bits per heavy atom. The molecular weight excluding hydrogens is 248 g/mol. The largest absolute Gasteiger partial charge is 0.364 e. The molecule has 0 aliphatic rings. The van der Waals surface area contributed by atoms with Crippen molar-refractivity contribution in [2.75, 3.05) is 51.0 Å². The molecule has 1 rings (SSSR count). The highest BCUT2D eigenvalue weighted by molar-refractivity contribution is 5.69. The normalized spacial score (nSPS) is 10.6. The van der Waals surface area contributed by atoms with E-state index in [1.54, 1.807) is 11.9 Å². The van der Waals surface area contributed by atoms with Gasteiger partial charge < -0.3 is 15.1 Å². The second-order valence-electron chi connectivity index (χ2n) is 4.41. The number of nitro groups is 1. The number of hydrogen-bond donors (Lipinski definition) is 1. The third-order valence-corrected chi connectivity index (χ3v) is 2.57. The highest BCUT2D eigenvalue weighted by Gasteiger charge is 2.24. The Hall–Kier alpha value is -1.96. The molecule has 0 unspecified atom stereocenters. The molecule has 0 saturated carbocycles. The van der Waals surface area contributed by atoms with Gasteiger partial charge in [0, 0.05) is 26.7 Å². The monoisotopic (exact) mass is 268 g/mol. The third-order valence-electron chi connectivity index (χ3n) is 2.57. The summed E-state index contributed by atoms with van der Waals surface area (Å²) in [6.45, 7) is 3.87. The first-order chi connectivity index (χ1) is 8.97. The Bertz CT molecular complexity index is 437.